The van der Waals surface area contributed by atoms with Crippen molar-refractivity contribution in [3.05, 3.63) is 53.5 Å². The monoisotopic (exact) mass is 231 g/mol. The number of para-hydroxylation sites is 1. The number of carbonyl (C=O) groups is 1. The Morgan fingerprint density at radius 1 is 1.41 bits per heavy atom. The number of anilines is 1. The highest BCUT2D eigenvalue weighted by atomic mass is 16.4. The topological polar surface area (TPSA) is 62.5 Å². The number of carboxylic acids is 1. The van der Waals surface area contributed by atoms with E-state index < -0.39 is 5.97 Å². The first-order valence-corrected chi connectivity index (χ1v) is 5.26. The molecule has 0 amide bonds. The third kappa shape index (κ3) is 2.47. The number of rotatable bonds is 4. The average Bonchev–Trinajstić information content (AvgIpc) is 2.80. The predicted molar refractivity (Wildman–Crippen MR) is 64.2 cm³/mol. The molecule has 2 N–H and O–H groups in total. The highest BCUT2D eigenvalue weighted by Crippen LogP contribution is 2.21. The van der Waals surface area contributed by atoms with Crippen LogP contribution in [0.2, 0.25) is 0 Å². The van der Waals surface area contributed by atoms with E-state index in [0.717, 1.165) is 11.1 Å². The Hall–Kier alpha value is -2.23. The first kappa shape index (κ1) is 11.3. The van der Waals surface area contributed by atoms with Gasteiger partial charge >= 0.3 is 5.97 Å². The van der Waals surface area contributed by atoms with Gasteiger partial charge in [0, 0.05) is 12.1 Å². The van der Waals surface area contributed by atoms with Crippen molar-refractivity contribution in [3.8, 4) is 0 Å². The van der Waals surface area contributed by atoms with E-state index >= 15 is 0 Å². The molecular formula is C13H13NO3. The number of aryl methyl sites for hydroxylation is 1. The average molecular weight is 231 g/mol. The van der Waals surface area contributed by atoms with Crippen molar-refractivity contribution in [1.29, 1.82) is 0 Å². The number of benzene rings is 1. The zero-order chi connectivity index (χ0) is 12.3. The van der Waals surface area contributed by atoms with Crippen LogP contribution in [0.3, 0.4) is 0 Å². The van der Waals surface area contributed by atoms with Crippen LogP contribution in [0.25, 0.3) is 0 Å². The molecule has 4 nitrogen and oxygen atoms in total. The molecule has 1 heterocycles. The summed E-state index contributed by atoms with van der Waals surface area (Å²) in [7, 11) is 0. The van der Waals surface area contributed by atoms with Crippen LogP contribution in [0.5, 0.6) is 0 Å². The number of carboxylic acid groups (broad SMARTS) is 1. The smallest absolute Gasteiger partial charge is 0.337 e. The standard InChI is InChI=1S/C13H13NO3/c1-9-3-2-4-11(13(15)16)12(9)14-7-10-5-6-17-8-10/h2-6,8,14H,7H2,1H3,(H,15,16). The van der Waals surface area contributed by atoms with Crippen LogP contribution in [-0.4, -0.2) is 11.1 Å². The lowest BCUT2D eigenvalue weighted by atomic mass is 10.1. The molecule has 1 aromatic heterocycles. The van der Waals surface area contributed by atoms with Gasteiger partial charge in [-0.3, -0.25) is 0 Å². The molecule has 0 aliphatic carbocycles. The molecule has 0 radical (unpaired) electrons. The van der Waals surface area contributed by atoms with Crippen molar-refractivity contribution >= 4 is 11.7 Å². The van der Waals surface area contributed by atoms with E-state index in [1.54, 1.807) is 24.7 Å². The Bertz CT molecular complexity index is 517. The summed E-state index contributed by atoms with van der Waals surface area (Å²) in [6, 6.07) is 7.05. The minimum absolute atomic E-state index is 0.286. The summed E-state index contributed by atoms with van der Waals surface area (Å²) in [5.74, 6) is -0.927. The lowest BCUT2D eigenvalue weighted by molar-refractivity contribution is 0.0698. The minimum Gasteiger partial charge on any atom is -0.478 e. The van der Waals surface area contributed by atoms with E-state index in [1.165, 1.54) is 0 Å². The van der Waals surface area contributed by atoms with Gasteiger partial charge in [-0.15, -0.1) is 0 Å². The lowest BCUT2D eigenvalue weighted by Gasteiger charge is -2.11. The Morgan fingerprint density at radius 3 is 2.88 bits per heavy atom. The molecular weight excluding hydrogens is 218 g/mol. The fraction of sp³-hybridized carbons (Fsp3) is 0.154. The number of hydrogen-bond donors (Lipinski definition) is 2. The molecule has 0 fully saturated rings. The number of hydrogen-bond acceptors (Lipinski definition) is 3. The fourth-order valence-corrected chi connectivity index (χ4v) is 1.66. The van der Waals surface area contributed by atoms with Crippen molar-refractivity contribution in [2.45, 2.75) is 13.5 Å². The highest BCUT2D eigenvalue weighted by molar-refractivity contribution is 5.95. The van der Waals surface area contributed by atoms with Crippen LogP contribution in [0.15, 0.2) is 41.2 Å². The molecule has 1 aromatic carbocycles. The first-order valence-electron chi connectivity index (χ1n) is 5.26. The maximum Gasteiger partial charge on any atom is 0.337 e. The quantitative estimate of drug-likeness (QED) is 0.849. The minimum atomic E-state index is -0.927. The van der Waals surface area contributed by atoms with Gasteiger partial charge in [-0.25, -0.2) is 4.79 Å². The normalized spacial score (nSPS) is 10.2. The Labute approximate surface area is 98.9 Å². The van der Waals surface area contributed by atoms with Crippen molar-refractivity contribution in [2.24, 2.45) is 0 Å². The van der Waals surface area contributed by atoms with E-state index in [2.05, 4.69) is 5.32 Å². The van der Waals surface area contributed by atoms with E-state index in [9.17, 15) is 4.79 Å². The lowest BCUT2D eigenvalue weighted by Crippen LogP contribution is -2.07. The number of aromatic carboxylic acids is 1. The van der Waals surface area contributed by atoms with Crippen molar-refractivity contribution in [2.75, 3.05) is 5.32 Å². The summed E-state index contributed by atoms with van der Waals surface area (Å²) >= 11 is 0. The maximum absolute atomic E-state index is 11.1. The van der Waals surface area contributed by atoms with Gasteiger partial charge in [0.15, 0.2) is 0 Å². The summed E-state index contributed by atoms with van der Waals surface area (Å²) in [6.45, 7) is 2.42. The third-order valence-electron chi connectivity index (χ3n) is 2.55. The first-order chi connectivity index (χ1) is 8.18. The van der Waals surface area contributed by atoms with Crippen LogP contribution in [-0.2, 0) is 6.54 Å². The van der Waals surface area contributed by atoms with Crippen LogP contribution in [0.4, 0.5) is 5.69 Å². The second kappa shape index (κ2) is 4.74. The van der Waals surface area contributed by atoms with Crippen LogP contribution in [0.1, 0.15) is 21.5 Å². The molecule has 0 saturated carbocycles. The predicted octanol–water partition coefficient (Wildman–Crippen LogP) is 2.90. The van der Waals surface area contributed by atoms with Crippen LogP contribution < -0.4 is 5.32 Å². The van der Waals surface area contributed by atoms with Gasteiger partial charge in [0.05, 0.1) is 23.8 Å². The molecule has 88 valence electrons. The Morgan fingerprint density at radius 2 is 2.24 bits per heavy atom. The molecule has 0 unspecified atom stereocenters. The van der Waals surface area contributed by atoms with Crippen molar-refractivity contribution in [1.82, 2.24) is 0 Å². The number of nitrogens with one attached hydrogen (secondary N) is 1. The maximum atomic E-state index is 11.1. The molecule has 0 aliphatic rings. The Kier molecular flexibility index (Phi) is 3.14. The van der Waals surface area contributed by atoms with Gasteiger partial charge in [0.1, 0.15) is 0 Å². The zero-order valence-electron chi connectivity index (χ0n) is 9.43. The van der Waals surface area contributed by atoms with Gasteiger partial charge in [-0.1, -0.05) is 12.1 Å². The van der Waals surface area contributed by atoms with Gasteiger partial charge < -0.3 is 14.8 Å². The molecule has 2 rings (SSSR count). The van der Waals surface area contributed by atoms with Gasteiger partial charge in [-0.05, 0) is 24.6 Å². The summed E-state index contributed by atoms with van der Waals surface area (Å²) < 4.78 is 4.95. The molecule has 0 spiro atoms. The molecule has 17 heavy (non-hydrogen) atoms. The second-order valence-corrected chi connectivity index (χ2v) is 3.79. The van der Waals surface area contributed by atoms with Gasteiger partial charge in [-0.2, -0.15) is 0 Å². The molecule has 0 bridgehead atoms. The largest absolute Gasteiger partial charge is 0.478 e. The van der Waals surface area contributed by atoms with Crippen LogP contribution in [0, 0.1) is 6.92 Å². The molecule has 2 aromatic rings. The third-order valence-corrected chi connectivity index (χ3v) is 2.55. The molecule has 0 saturated heterocycles. The van der Waals surface area contributed by atoms with E-state index in [4.69, 9.17) is 9.52 Å². The summed E-state index contributed by atoms with van der Waals surface area (Å²) in [5.41, 5.74) is 2.83. The van der Waals surface area contributed by atoms with Crippen molar-refractivity contribution < 1.29 is 14.3 Å². The molecule has 0 aliphatic heterocycles. The number of furan rings is 1. The van der Waals surface area contributed by atoms with Crippen LogP contribution >= 0.6 is 0 Å². The van der Waals surface area contributed by atoms with Gasteiger partial charge in [0.25, 0.3) is 0 Å². The summed E-state index contributed by atoms with van der Waals surface area (Å²) in [6.07, 6.45) is 3.22. The highest BCUT2D eigenvalue weighted by Gasteiger charge is 2.11. The summed E-state index contributed by atoms with van der Waals surface area (Å²) in [4.78, 5) is 11.1. The fourth-order valence-electron chi connectivity index (χ4n) is 1.66. The van der Waals surface area contributed by atoms with Gasteiger partial charge in [0.2, 0.25) is 0 Å². The Balaban J connectivity index is 2.22. The van der Waals surface area contributed by atoms with E-state index in [-0.39, 0.29) is 5.56 Å². The second-order valence-electron chi connectivity index (χ2n) is 3.79. The zero-order valence-corrected chi connectivity index (χ0v) is 9.43. The summed E-state index contributed by atoms with van der Waals surface area (Å²) in [5, 5.41) is 12.2. The molecule has 4 heteroatoms. The van der Waals surface area contributed by atoms with E-state index in [1.807, 2.05) is 19.1 Å². The molecule has 0 atom stereocenters. The SMILES string of the molecule is Cc1cccc(C(=O)O)c1NCc1ccoc1. The van der Waals surface area contributed by atoms with E-state index in [0.29, 0.717) is 12.2 Å². The van der Waals surface area contributed by atoms with Crippen molar-refractivity contribution in [3.63, 3.8) is 0 Å².